The van der Waals surface area contributed by atoms with Crippen LogP contribution in [0.2, 0.25) is 0 Å². The first kappa shape index (κ1) is 18.2. The summed E-state index contributed by atoms with van der Waals surface area (Å²) in [5.41, 5.74) is -0.442. The molecule has 0 aliphatic heterocycles. The highest BCUT2D eigenvalue weighted by Crippen LogP contribution is 2.19. The molecule has 1 rings (SSSR count). The molecule has 0 aromatic carbocycles. The van der Waals surface area contributed by atoms with Gasteiger partial charge < -0.3 is 20.1 Å². The van der Waals surface area contributed by atoms with E-state index in [1.807, 2.05) is 27.7 Å². The summed E-state index contributed by atoms with van der Waals surface area (Å²) in [5.74, 6) is 0. The van der Waals surface area contributed by atoms with E-state index >= 15 is 0 Å². The van der Waals surface area contributed by atoms with Crippen LogP contribution in [-0.2, 0) is 9.47 Å². The first-order valence-electron chi connectivity index (χ1n) is 8.13. The van der Waals surface area contributed by atoms with E-state index in [-0.39, 0.29) is 12.1 Å². The van der Waals surface area contributed by atoms with Gasteiger partial charge in [-0.2, -0.15) is 0 Å². The Morgan fingerprint density at radius 1 is 1.29 bits per heavy atom. The fourth-order valence-corrected chi connectivity index (χ4v) is 2.69. The van der Waals surface area contributed by atoms with E-state index in [4.69, 9.17) is 9.47 Å². The number of alkyl carbamates (subject to hydrolysis) is 1. The zero-order valence-electron chi connectivity index (χ0n) is 14.2. The van der Waals surface area contributed by atoms with Gasteiger partial charge >= 0.3 is 6.09 Å². The van der Waals surface area contributed by atoms with E-state index in [1.165, 1.54) is 0 Å². The standard InChI is InChI=1S/C16H32N2O3/c1-6-20-11-12(2)17-13-8-7-9-14(10-13)18-15(19)21-16(3,4)5/h12-14,17H,6-11H2,1-5H3,(H,18,19). The number of carbonyl (C=O) groups is 1. The molecule has 0 heterocycles. The Balaban J connectivity index is 2.33. The average Bonchev–Trinajstić information content (AvgIpc) is 2.34. The van der Waals surface area contributed by atoms with Crippen molar-refractivity contribution in [3.8, 4) is 0 Å². The van der Waals surface area contributed by atoms with Crippen LogP contribution in [0.5, 0.6) is 0 Å². The Hall–Kier alpha value is -0.810. The van der Waals surface area contributed by atoms with E-state index in [2.05, 4.69) is 17.6 Å². The molecule has 0 aromatic rings. The zero-order chi connectivity index (χ0) is 15.9. The summed E-state index contributed by atoms with van der Waals surface area (Å²) in [6.07, 6.45) is 3.95. The number of ether oxygens (including phenoxy) is 2. The molecule has 1 saturated carbocycles. The molecule has 5 heteroatoms. The van der Waals surface area contributed by atoms with E-state index in [0.29, 0.717) is 12.1 Å². The number of hydrogen-bond acceptors (Lipinski definition) is 4. The molecule has 3 atom stereocenters. The number of hydrogen-bond donors (Lipinski definition) is 2. The molecule has 1 fully saturated rings. The molecule has 124 valence electrons. The van der Waals surface area contributed by atoms with Crippen molar-refractivity contribution in [2.75, 3.05) is 13.2 Å². The Labute approximate surface area is 129 Å². The number of carbonyl (C=O) groups excluding carboxylic acids is 1. The van der Waals surface area contributed by atoms with Gasteiger partial charge in [-0.1, -0.05) is 0 Å². The maximum absolute atomic E-state index is 11.8. The van der Waals surface area contributed by atoms with Crippen molar-refractivity contribution in [2.45, 2.75) is 84.0 Å². The Kier molecular flexibility index (Phi) is 7.46. The fraction of sp³-hybridized carbons (Fsp3) is 0.938. The van der Waals surface area contributed by atoms with E-state index < -0.39 is 5.60 Å². The van der Waals surface area contributed by atoms with Gasteiger partial charge in [-0.15, -0.1) is 0 Å². The van der Waals surface area contributed by atoms with Gasteiger partial charge in [0.1, 0.15) is 5.60 Å². The smallest absolute Gasteiger partial charge is 0.407 e. The summed E-state index contributed by atoms with van der Waals surface area (Å²) in [7, 11) is 0. The second kappa shape index (κ2) is 8.59. The normalized spacial score (nSPS) is 24.4. The Bertz CT molecular complexity index is 315. The van der Waals surface area contributed by atoms with Crippen LogP contribution in [0.1, 0.15) is 60.3 Å². The molecule has 0 spiro atoms. The van der Waals surface area contributed by atoms with Gasteiger partial charge in [0.05, 0.1) is 6.61 Å². The van der Waals surface area contributed by atoms with Crippen molar-refractivity contribution in [3.05, 3.63) is 0 Å². The summed E-state index contributed by atoms with van der Waals surface area (Å²) < 4.78 is 10.8. The number of nitrogens with one attached hydrogen (secondary N) is 2. The van der Waals surface area contributed by atoms with Crippen molar-refractivity contribution in [1.82, 2.24) is 10.6 Å². The highest BCUT2D eigenvalue weighted by atomic mass is 16.6. The van der Waals surface area contributed by atoms with Gasteiger partial charge in [0.15, 0.2) is 0 Å². The molecular formula is C16H32N2O3. The lowest BCUT2D eigenvalue weighted by atomic mass is 9.90. The first-order valence-corrected chi connectivity index (χ1v) is 8.13. The first-order chi connectivity index (χ1) is 9.80. The van der Waals surface area contributed by atoms with Crippen LogP contribution in [0.15, 0.2) is 0 Å². The predicted octanol–water partition coefficient (Wildman–Crippen LogP) is 2.84. The third-order valence-electron chi connectivity index (χ3n) is 3.49. The lowest BCUT2D eigenvalue weighted by Crippen LogP contribution is -2.48. The minimum Gasteiger partial charge on any atom is -0.444 e. The zero-order valence-corrected chi connectivity index (χ0v) is 14.2. The topological polar surface area (TPSA) is 59.6 Å². The fourth-order valence-electron chi connectivity index (χ4n) is 2.69. The van der Waals surface area contributed by atoms with Crippen LogP contribution in [0.4, 0.5) is 4.79 Å². The highest BCUT2D eigenvalue weighted by Gasteiger charge is 2.26. The molecule has 0 saturated heterocycles. The molecule has 2 N–H and O–H groups in total. The summed E-state index contributed by atoms with van der Waals surface area (Å²) >= 11 is 0. The summed E-state index contributed by atoms with van der Waals surface area (Å²) in [6, 6.07) is 0.981. The monoisotopic (exact) mass is 300 g/mol. The maximum Gasteiger partial charge on any atom is 0.407 e. The van der Waals surface area contributed by atoms with Crippen molar-refractivity contribution < 1.29 is 14.3 Å². The molecular weight excluding hydrogens is 268 g/mol. The Morgan fingerprint density at radius 2 is 1.95 bits per heavy atom. The molecule has 1 aliphatic carbocycles. The number of amides is 1. The molecule has 0 aromatic heterocycles. The highest BCUT2D eigenvalue weighted by molar-refractivity contribution is 5.68. The largest absolute Gasteiger partial charge is 0.444 e. The van der Waals surface area contributed by atoms with Crippen LogP contribution in [0.25, 0.3) is 0 Å². The molecule has 0 bridgehead atoms. The Morgan fingerprint density at radius 3 is 2.57 bits per heavy atom. The number of rotatable bonds is 6. The van der Waals surface area contributed by atoms with Crippen molar-refractivity contribution in [1.29, 1.82) is 0 Å². The molecule has 5 nitrogen and oxygen atoms in total. The summed E-state index contributed by atoms with van der Waals surface area (Å²) in [6.45, 7) is 11.3. The van der Waals surface area contributed by atoms with Crippen molar-refractivity contribution >= 4 is 6.09 Å². The van der Waals surface area contributed by atoms with Crippen LogP contribution in [0, 0.1) is 0 Å². The second-order valence-electron chi connectivity index (χ2n) is 6.93. The maximum atomic E-state index is 11.8. The molecule has 3 unspecified atom stereocenters. The third-order valence-corrected chi connectivity index (χ3v) is 3.49. The average molecular weight is 300 g/mol. The third kappa shape index (κ3) is 8.27. The second-order valence-corrected chi connectivity index (χ2v) is 6.93. The minimum absolute atomic E-state index is 0.199. The predicted molar refractivity (Wildman–Crippen MR) is 84.5 cm³/mol. The molecule has 21 heavy (non-hydrogen) atoms. The van der Waals surface area contributed by atoms with E-state index in [9.17, 15) is 4.79 Å². The van der Waals surface area contributed by atoms with Crippen LogP contribution < -0.4 is 10.6 Å². The summed E-state index contributed by atoms with van der Waals surface area (Å²) in [5, 5.41) is 6.58. The summed E-state index contributed by atoms with van der Waals surface area (Å²) in [4.78, 5) is 11.8. The van der Waals surface area contributed by atoms with Crippen LogP contribution >= 0.6 is 0 Å². The van der Waals surface area contributed by atoms with E-state index in [1.54, 1.807) is 0 Å². The molecule has 1 aliphatic rings. The minimum atomic E-state index is -0.442. The van der Waals surface area contributed by atoms with Gasteiger partial charge in [-0.25, -0.2) is 4.79 Å². The molecule has 1 amide bonds. The molecule has 0 radical (unpaired) electrons. The lowest BCUT2D eigenvalue weighted by Gasteiger charge is -2.32. The van der Waals surface area contributed by atoms with Gasteiger partial charge in [0.25, 0.3) is 0 Å². The van der Waals surface area contributed by atoms with Gasteiger partial charge in [0, 0.05) is 24.7 Å². The van der Waals surface area contributed by atoms with Crippen LogP contribution in [0.3, 0.4) is 0 Å². The van der Waals surface area contributed by atoms with Crippen molar-refractivity contribution in [2.24, 2.45) is 0 Å². The SMILES string of the molecule is CCOCC(C)NC1CCCC(NC(=O)OC(C)(C)C)C1. The van der Waals surface area contributed by atoms with Gasteiger partial charge in [-0.05, 0) is 60.3 Å². The van der Waals surface area contributed by atoms with Gasteiger partial charge in [0.2, 0.25) is 0 Å². The van der Waals surface area contributed by atoms with Crippen molar-refractivity contribution in [3.63, 3.8) is 0 Å². The lowest BCUT2D eigenvalue weighted by molar-refractivity contribution is 0.0486. The van der Waals surface area contributed by atoms with Crippen LogP contribution in [-0.4, -0.2) is 43.0 Å². The quantitative estimate of drug-likeness (QED) is 0.792. The van der Waals surface area contributed by atoms with E-state index in [0.717, 1.165) is 38.9 Å². The van der Waals surface area contributed by atoms with Gasteiger partial charge in [-0.3, -0.25) is 0 Å².